The van der Waals surface area contributed by atoms with Gasteiger partial charge in [-0.3, -0.25) is 9.29 Å². The van der Waals surface area contributed by atoms with Gasteiger partial charge in [-0.15, -0.1) is 0 Å². The second-order valence-electron chi connectivity index (χ2n) is 8.99. The predicted octanol–water partition coefficient (Wildman–Crippen LogP) is 5.44. The summed E-state index contributed by atoms with van der Waals surface area (Å²) in [7, 11) is 0. The van der Waals surface area contributed by atoms with Crippen molar-refractivity contribution in [2.45, 2.75) is 12.8 Å². The number of ether oxygens (including phenoxy) is 2. The fourth-order valence-corrected chi connectivity index (χ4v) is 4.71. The first-order valence-corrected chi connectivity index (χ1v) is 11.6. The number of likely N-dealkylation sites (tertiary alicyclic amines) is 1. The number of halogens is 1. The zero-order valence-electron chi connectivity index (χ0n) is 19.1. The number of hydrogen-bond donors (Lipinski definition) is 2. The Bertz CT molecular complexity index is 1200. The number of phenols is 2. The first-order valence-electron chi connectivity index (χ1n) is 11.6. The highest BCUT2D eigenvalue weighted by Crippen LogP contribution is 2.47. The number of fused-ring (bicyclic) bond motifs is 1. The fourth-order valence-electron chi connectivity index (χ4n) is 4.71. The van der Waals surface area contributed by atoms with E-state index in [9.17, 15) is 14.6 Å². The highest BCUT2D eigenvalue weighted by Gasteiger charge is 2.29. The van der Waals surface area contributed by atoms with Gasteiger partial charge in [-0.05, 0) is 60.2 Å². The molecule has 1 atom stereocenters. The number of aromatic hydroxyl groups is 2. The van der Waals surface area contributed by atoms with Crippen LogP contribution in [0.3, 0.4) is 0 Å². The number of rotatable bonds is 7. The lowest BCUT2D eigenvalue weighted by molar-refractivity contribution is 0.0668. The van der Waals surface area contributed by atoms with E-state index >= 15 is 0 Å². The predicted molar refractivity (Wildman–Crippen MR) is 130 cm³/mol. The molecule has 1 fully saturated rings. The Morgan fingerprint density at radius 1 is 0.971 bits per heavy atom. The summed E-state index contributed by atoms with van der Waals surface area (Å²) in [6.07, 6.45) is 0. The van der Waals surface area contributed by atoms with Gasteiger partial charge in [0.2, 0.25) is 0 Å². The average Bonchev–Trinajstić information content (AvgIpc) is 2.81. The third-order valence-corrected chi connectivity index (χ3v) is 6.55. The molecule has 176 valence electrons. The molecule has 3 aromatic carbocycles. The van der Waals surface area contributed by atoms with Gasteiger partial charge in [0.1, 0.15) is 35.4 Å². The summed E-state index contributed by atoms with van der Waals surface area (Å²) in [6, 6.07) is 20.0. The molecule has 5 nitrogen and oxygen atoms in total. The molecule has 34 heavy (non-hydrogen) atoms. The summed E-state index contributed by atoms with van der Waals surface area (Å²) in [5, 5.41) is 20.1. The Labute approximate surface area is 198 Å². The SMILES string of the molecule is CC1C(c2cccc(O)c2)=C(c2ccc(OCCN3CC(CF)C3)cc2)Oc2ccc(O)cc21. The van der Waals surface area contributed by atoms with Gasteiger partial charge in [0.15, 0.2) is 0 Å². The van der Waals surface area contributed by atoms with Crippen LogP contribution in [0.15, 0.2) is 66.7 Å². The topological polar surface area (TPSA) is 62.2 Å². The lowest BCUT2D eigenvalue weighted by atomic mass is 9.83. The minimum atomic E-state index is -0.244. The van der Waals surface area contributed by atoms with E-state index < -0.39 is 0 Å². The Kier molecular flexibility index (Phi) is 6.16. The monoisotopic (exact) mass is 461 g/mol. The minimum absolute atomic E-state index is 0.0618. The smallest absolute Gasteiger partial charge is 0.139 e. The van der Waals surface area contributed by atoms with Crippen molar-refractivity contribution in [1.82, 2.24) is 4.90 Å². The number of phenolic OH excluding ortho intramolecular Hbond substituents is 2. The lowest BCUT2D eigenvalue weighted by Gasteiger charge is -2.37. The second kappa shape index (κ2) is 9.39. The highest BCUT2D eigenvalue weighted by atomic mass is 19.1. The van der Waals surface area contributed by atoms with Crippen LogP contribution in [0.25, 0.3) is 11.3 Å². The van der Waals surface area contributed by atoms with Gasteiger partial charge in [0.25, 0.3) is 0 Å². The zero-order chi connectivity index (χ0) is 23.7. The summed E-state index contributed by atoms with van der Waals surface area (Å²) in [5.41, 5.74) is 3.58. The number of alkyl halides is 1. The van der Waals surface area contributed by atoms with Crippen molar-refractivity contribution in [2.24, 2.45) is 5.92 Å². The van der Waals surface area contributed by atoms with E-state index in [0.717, 1.165) is 47.6 Å². The Morgan fingerprint density at radius 2 is 1.74 bits per heavy atom. The van der Waals surface area contributed by atoms with Gasteiger partial charge >= 0.3 is 0 Å². The third-order valence-electron chi connectivity index (χ3n) is 6.55. The van der Waals surface area contributed by atoms with E-state index in [2.05, 4.69) is 11.8 Å². The van der Waals surface area contributed by atoms with E-state index in [1.165, 1.54) is 0 Å². The molecular formula is C28H28FNO4. The summed E-state index contributed by atoms with van der Waals surface area (Å²) in [4.78, 5) is 2.19. The van der Waals surface area contributed by atoms with Gasteiger partial charge < -0.3 is 19.7 Å². The normalized spacial score (nSPS) is 18.2. The minimum Gasteiger partial charge on any atom is -0.508 e. The third kappa shape index (κ3) is 4.46. The van der Waals surface area contributed by atoms with Crippen molar-refractivity contribution in [3.8, 4) is 23.0 Å². The molecule has 6 heteroatoms. The van der Waals surface area contributed by atoms with Crippen LogP contribution in [0.2, 0.25) is 0 Å². The van der Waals surface area contributed by atoms with Gasteiger partial charge in [0.05, 0.1) is 6.67 Å². The van der Waals surface area contributed by atoms with Crippen molar-refractivity contribution >= 4 is 11.3 Å². The van der Waals surface area contributed by atoms with Crippen LogP contribution >= 0.6 is 0 Å². The molecule has 0 saturated carbocycles. The standard InChI is InChI=1S/C28H28FNO4/c1-18-25-14-23(32)7-10-26(25)34-28(27(18)21-3-2-4-22(31)13-21)20-5-8-24(9-6-20)33-12-11-30-16-19(15-29)17-30/h2-10,13-14,18-19,31-32H,11-12,15-17H2,1H3. The van der Waals surface area contributed by atoms with Crippen LogP contribution in [0.5, 0.6) is 23.0 Å². The Hall–Kier alpha value is -3.51. The average molecular weight is 462 g/mol. The zero-order valence-corrected chi connectivity index (χ0v) is 19.1. The van der Waals surface area contributed by atoms with Crippen molar-refractivity contribution in [3.05, 3.63) is 83.4 Å². The molecule has 0 aliphatic carbocycles. The van der Waals surface area contributed by atoms with Crippen molar-refractivity contribution < 1.29 is 24.1 Å². The number of hydrogen-bond acceptors (Lipinski definition) is 5. The number of benzene rings is 3. The quantitative estimate of drug-likeness (QED) is 0.491. The second-order valence-corrected chi connectivity index (χ2v) is 8.99. The molecule has 0 bridgehead atoms. The van der Waals surface area contributed by atoms with Crippen LogP contribution < -0.4 is 9.47 Å². The van der Waals surface area contributed by atoms with Crippen LogP contribution in [0.1, 0.15) is 29.5 Å². The molecule has 5 rings (SSSR count). The molecule has 1 saturated heterocycles. The van der Waals surface area contributed by atoms with Gasteiger partial charge in [-0.1, -0.05) is 19.1 Å². The van der Waals surface area contributed by atoms with Crippen LogP contribution in [0, 0.1) is 5.92 Å². The highest BCUT2D eigenvalue weighted by molar-refractivity contribution is 5.93. The van der Waals surface area contributed by atoms with Crippen LogP contribution in [0.4, 0.5) is 4.39 Å². The van der Waals surface area contributed by atoms with Crippen molar-refractivity contribution in [3.63, 3.8) is 0 Å². The first kappa shape index (κ1) is 22.3. The van der Waals surface area contributed by atoms with Crippen LogP contribution in [-0.4, -0.2) is 48.0 Å². The summed E-state index contributed by atoms with van der Waals surface area (Å²) in [5.74, 6) is 2.66. The first-order chi connectivity index (χ1) is 16.5. The Balaban J connectivity index is 1.40. The van der Waals surface area contributed by atoms with Crippen molar-refractivity contribution in [1.29, 1.82) is 0 Å². The van der Waals surface area contributed by atoms with Gasteiger partial charge in [-0.25, -0.2) is 0 Å². The molecule has 2 N–H and O–H groups in total. The number of nitrogens with zero attached hydrogens (tertiary/aromatic N) is 1. The van der Waals surface area contributed by atoms with E-state index in [4.69, 9.17) is 9.47 Å². The molecule has 0 aromatic heterocycles. The molecule has 3 aromatic rings. The fraction of sp³-hybridized carbons (Fsp3) is 0.286. The molecule has 2 aliphatic heterocycles. The molecule has 0 amide bonds. The van der Waals surface area contributed by atoms with E-state index in [0.29, 0.717) is 18.1 Å². The molecule has 0 spiro atoms. The molecule has 2 heterocycles. The van der Waals surface area contributed by atoms with Crippen molar-refractivity contribution in [2.75, 3.05) is 32.9 Å². The summed E-state index contributed by atoms with van der Waals surface area (Å²) >= 11 is 0. The summed E-state index contributed by atoms with van der Waals surface area (Å²) in [6.45, 7) is 4.78. The van der Waals surface area contributed by atoms with Crippen LogP contribution in [-0.2, 0) is 0 Å². The van der Waals surface area contributed by atoms with Gasteiger partial charge in [0, 0.05) is 48.2 Å². The van der Waals surface area contributed by atoms with E-state index in [1.807, 2.05) is 36.4 Å². The molecule has 0 radical (unpaired) electrons. The Morgan fingerprint density at radius 3 is 2.47 bits per heavy atom. The summed E-state index contributed by atoms with van der Waals surface area (Å²) < 4.78 is 24.8. The maximum Gasteiger partial charge on any atom is 0.139 e. The maximum atomic E-state index is 12.6. The van der Waals surface area contributed by atoms with E-state index in [1.54, 1.807) is 30.3 Å². The number of allylic oxidation sites excluding steroid dienone is 1. The molecular weight excluding hydrogens is 433 g/mol. The largest absolute Gasteiger partial charge is 0.508 e. The maximum absolute atomic E-state index is 12.6. The lowest BCUT2D eigenvalue weighted by Crippen LogP contribution is -2.49. The van der Waals surface area contributed by atoms with E-state index in [-0.39, 0.29) is 30.0 Å². The molecule has 2 aliphatic rings. The molecule has 1 unspecified atom stereocenters. The van der Waals surface area contributed by atoms with Gasteiger partial charge in [-0.2, -0.15) is 0 Å².